The van der Waals surface area contributed by atoms with Crippen LogP contribution in [-0.4, -0.2) is 35.7 Å². The van der Waals surface area contributed by atoms with Crippen LogP contribution in [0.4, 0.5) is 0 Å². The molecule has 1 aliphatic rings. The van der Waals surface area contributed by atoms with Gasteiger partial charge in [-0.2, -0.15) is 0 Å². The van der Waals surface area contributed by atoms with Crippen molar-refractivity contribution in [1.29, 1.82) is 0 Å². The molecule has 1 aromatic rings. The molecule has 1 N–H and O–H groups in total. The molecule has 0 amide bonds. The summed E-state index contributed by atoms with van der Waals surface area (Å²) in [5.74, 6) is 0.704. The molecule has 0 radical (unpaired) electrons. The Morgan fingerprint density at radius 1 is 1.24 bits per heavy atom. The standard InChI is InChI=1S/C19H31NO/c1-14-7-6-8-19(13-14,20(4)5)18(21)12-17-10-15(2)9-16(3)11-17/h9-11,14,18,21H,6-8,12-13H2,1-5H3. The molecule has 0 heterocycles. The Morgan fingerprint density at radius 2 is 1.86 bits per heavy atom. The van der Waals surface area contributed by atoms with E-state index in [1.807, 2.05) is 0 Å². The topological polar surface area (TPSA) is 23.5 Å². The normalized spacial score (nSPS) is 27.9. The average Bonchev–Trinajstić information content (AvgIpc) is 2.36. The van der Waals surface area contributed by atoms with E-state index >= 15 is 0 Å². The first kappa shape index (κ1) is 16.5. The van der Waals surface area contributed by atoms with Crippen molar-refractivity contribution < 1.29 is 5.11 Å². The Labute approximate surface area is 130 Å². The highest BCUT2D eigenvalue weighted by molar-refractivity contribution is 5.29. The van der Waals surface area contributed by atoms with Crippen molar-refractivity contribution >= 4 is 0 Å². The molecule has 118 valence electrons. The van der Waals surface area contributed by atoms with E-state index in [2.05, 4.69) is 58.0 Å². The van der Waals surface area contributed by atoms with Crippen molar-refractivity contribution in [2.24, 2.45) is 5.92 Å². The summed E-state index contributed by atoms with van der Waals surface area (Å²) in [7, 11) is 4.26. The van der Waals surface area contributed by atoms with Crippen LogP contribution in [0.25, 0.3) is 0 Å². The summed E-state index contributed by atoms with van der Waals surface area (Å²) < 4.78 is 0. The summed E-state index contributed by atoms with van der Waals surface area (Å²) in [6, 6.07) is 6.62. The monoisotopic (exact) mass is 289 g/mol. The Kier molecular flexibility index (Phi) is 5.11. The van der Waals surface area contributed by atoms with Crippen LogP contribution in [0.15, 0.2) is 18.2 Å². The zero-order chi connectivity index (χ0) is 15.6. The Balaban J connectivity index is 2.20. The average molecular weight is 289 g/mol. The fourth-order valence-corrected chi connectivity index (χ4v) is 4.17. The van der Waals surface area contributed by atoms with Crippen LogP contribution in [0.1, 0.15) is 49.3 Å². The van der Waals surface area contributed by atoms with Crippen LogP contribution < -0.4 is 0 Å². The molecule has 2 heteroatoms. The van der Waals surface area contributed by atoms with Gasteiger partial charge in [-0.3, -0.25) is 0 Å². The molecule has 2 rings (SSSR count). The maximum atomic E-state index is 11.0. The fourth-order valence-electron chi connectivity index (χ4n) is 4.17. The van der Waals surface area contributed by atoms with E-state index in [0.717, 1.165) is 19.3 Å². The molecule has 1 fully saturated rings. The molecule has 2 nitrogen and oxygen atoms in total. The van der Waals surface area contributed by atoms with E-state index in [0.29, 0.717) is 5.92 Å². The lowest BCUT2D eigenvalue weighted by Gasteiger charge is -2.48. The highest BCUT2D eigenvalue weighted by Crippen LogP contribution is 2.39. The predicted molar refractivity (Wildman–Crippen MR) is 89.7 cm³/mol. The first-order chi connectivity index (χ1) is 9.83. The van der Waals surface area contributed by atoms with Gasteiger partial charge in [-0.15, -0.1) is 0 Å². The molecule has 1 saturated carbocycles. The lowest BCUT2D eigenvalue weighted by molar-refractivity contribution is -0.0424. The lowest BCUT2D eigenvalue weighted by Crippen LogP contribution is -2.56. The van der Waals surface area contributed by atoms with Crippen LogP contribution in [0.2, 0.25) is 0 Å². The minimum atomic E-state index is -0.295. The Hall–Kier alpha value is -0.860. The van der Waals surface area contributed by atoms with Crippen LogP contribution in [0.3, 0.4) is 0 Å². The van der Waals surface area contributed by atoms with Gasteiger partial charge in [0.25, 0.3) is 0 Å². The number of aryl methyl sites for hydroxylation is 2. The smallest absolute Gasteiger partial charge is 0.0763 e. The molecule has 0 spiro atoms. The SMILES string of the molecule is Cc1cc(C)cc(CC(O)C2(N(C)C)CCCC(C)C2)c1. The number of aliphatic hydroxyl groups is 1. The van der Waals surface area contributed by atoms with E-state index in [1.54, 1.807) is 0 Å². The second kappa shape index (κ2) is 6.50. The van der Waals surface area contributed by atoms with Gasteiger partial charge < -0.3 is 10.0 Å². The van der Waals surface area contributed by atoms with E-state index < -0.39 is 0 Å². The van der Waals surface area contributed by atoms with E-state index in [-0.39, 0.29) is 11.6 Å². The van der Waals surface area contributed by atoms with Gasteiger partial charge in [0, 0.05) is 12.0 Å². The number of nitrogens with zero attached hydrogens (tertiary/aromatic N) is 1. The summed E-state index contributed by atoms with van der Waals surface area (Å²) in [6.45, 7) is 6.58. The maximum Gasteiger partial charge on any atom is 0.0763 e. The number of rotatable bonds is 4. The Bertz CT molecular complexity index is 462. The molecule has 0 saturated heterocycles. The van der Waals surface area contributed by atoms with E-state index in [4.69, 9.17) is 0 Å². The zero-order valence-electron chi connectivity index (χ0n) is 14.3. The van der Waals surface area contributed by atoms with E-state index in [1.165, 1.54) is 29.5 Å². The number of hydrogen-bond donors (Lipinski definition) is 1. The molecular formula is C19H31NO. The van der Waals surface area contributed by atoms with Crippen molar-refractivity contribution in [3.63, 3.8) is 0 Å². The highest BCUT2D eigenvalue weighted by Gasteiger charge is 2.42. The van der Waals surface area contributed by atoms with Crippen molar-refractivity contribution in [3.05, 3.63) is 34.9 Å². The summed E-state index contributed by atoms with van der Waals surface area (Å²) in [5, 5.41) is 11.0. The number of benzene rings is 1. The minimum Gasteiger partial charge on any atom is -0.391 e. The fraction of sp³-hybridized carbons (Fsp3) is 0.684. The van der Waals surface area contributed by atoms with Crippen molar-refractivity contribution in [2.75, 3.05) is 14.1 Å². The van der Waals surface area contributed by atoms with Crippen LogP contribution in [0.5, 0.6) is 0 Å². The minimum absolute atomic E-state index is 0.0602. The second-order valence-corrected chi connectivity index (χ2v) is 7.42. The van der Waals surface area contributed by atoms with Gasteiger partial charge in [0.15, 0.2) is 0 Å². The van der Waals surface area contributed by atoms with Crippen molar-refractivity contribution in [3.8, 4) is 0 Å². The third kappa shape index (κ3) is 3.67. The first-order valence-electron chi connectivity index (χ1n) is 8.26. The lowest BCUT2D eigenvalue weighted by atomic mass is 9.71. The molecule has 0 aliphatic heterocycles. The van der Waals surface area contributed by atoms with Gasteiger partial charge in [-0.05, 0) is 52.3 Å². The molecule has 0 bridgehead atoms. The first-order valence-corrected chi connectivity index (χ1v) is 8.26. The predicted octanol–water partition coefficient (Wildman–Crippen LogP) is 3.72. The second-order valence-electron chi connectivity index (χ2n) is 7.42. The van der Waals surface area contributed by atoms with Gasteiger partial charge in [0.1, 0.15) is 0 Å². The van der Waals surface area contributed by atoms with Gasteiger partial charge in [-0.25, -0.2) is 0 Å². The van der Waals surface area contributed by atoms with Crippen molar-refractivity contribution in [1.82, 2.24) is 4.90 Å². The summed E-state index contributed by atoms with van der Waals surface area (Å²) in [6.07, 6.45) is 5.20. The summed E-state index contributed by atoms with van der Waals surface area (Å²) >= 11 is 0. The van der Waals surface area contributed by atoms with Gasteiger partial charge >= 0.3 is 0 Å². The number of hydrogen-bond acceptors (Lipinski definition) is 2. The molecule has 21 heavy (non-hydrogen) atoms. The third-order valence-corrected chi connectivity index (χ3v) is 5.23. The molecule has 3 unspecified atom stereocenters. The van der Waals surface area contributed by atoms with Crippen molar-refractivity contribution in [2.45, 2.75) is 64.5 Å². The maximum absolute atomic E-state index is 11.0. The molecule has 1 aromatic carbocycles. The summed E-state index contributed by atoms with van der Waals surface area (Å²) in [5.41, 5.74) is 3.77. The largest absolute Gasteiger partial charge is 0.391 e. The number of aliphatic hydroxyl groups excluding tert-OH is 1. The zero-order valence-corrected chi connectivity index (χ0v) is 14.3. The van der Waals surface area contributed by atoms with E-state index in [9.17, 15) is 5.11 Å². The molecule has 1 aliphatic carbocycles. The van der Waals surface area contributed by atoms with Gasteiger partial charge in [0.05, 0.1) is 6.10 Å². The highest BCUT2D eigenvalue weighted by atomic mass is 16.3. The van der Waals surface area contributed by atoms with Crippen LogP contribution in [-0.2, 0) is 6.42 Å². The molecular weight excluding hydrogens is 258 g/mol. The Morgan fingerprint density at radius 3 is 2.38 bits per heavy atom. The van der Waals surface area contributed by atoms with Gasteiger partial charge in [-0.1, -0.05) is 49.1 Å². The number of likely N-dealkylation sites (N-methyl/N-ethyl adjacent to an activating group) is 1. The third-order valence-electron chi connectivity index (χ3n) is 5.23. The molecule has 3 atom stereocenters. The quantitative estimate of drug-likeness (QED) is 0.913. The van der Waals surface area contributed by atoms with Crippen LogP contribution in [0, 0.1) is 19.8 Å². The molecule has 0 aromatic heterocycles. The van der Waals surface area contributed by atoms with Crippen LogP contribution >= 0.6 is 0 Å². The van der Waals surface area contributed by atoms with Gasteiger partial charge in [0.2, 0.25) is 0 Å². The summed E-state index contributed by atoms with van der Waals surface area (Å²) in [4.78, 5) is 2.27.